The number of aromatic carboxylic acids is 1. The number of hydrogen-bond donors (Lipinski definition) is 2. The first kappa shape index (κ1) is 13.9. The lowest BCUT2D eigenvalue weighted by Crippen LogP contribution is -2.04. The van der Waals surface area contributed by atoms with Gasteiger partial charge >= 0.3 is 5.97 Å². The Kier molecular flexibility index (Phi) is 3.85. The Balaban J connectivity index is 2.66. The van der Waals surface area contributed by atoms with Crippen LogP contribution in [0.5, 0.6) is 0 Å². The van der Waals surface area contributed by atoms with Crippen LogP contribution in [0.3, 0.4) is 0 Å². The standard InChI is InChI=1S/C12H7Cl3N2O2/c13-5-1-7(14)11(8(15)2-5)10-3-6(12(18)19)9(16)4-17-10/h1-4H,16H2,(H,18,19). The molecule has 2 aromatic rings. The molecule has 0 spiro atoms. The number of anilines is 1. The van der Waals surface area contributed by atoms with Crippen LogP contribution in [0.15, 0.2) is 24.4 Å². The number of hydrogen-bond acceptors (Lipinski definition) is 3. The zero-order valence-corrected chi connectivity index (χ0v) is 11.6. The number of nitrogens with two attached hydrogens (primary N) is 1. The summed E-state index contributed by atoms with van der Waals surface area (Å²) in [5.41, 5.74) is 6.27. The molecule has 98 valence electrons. The minimum absolute atomic E-state index is 0.0629. The average molecular weight is 318 g/mol. The second-order valence-electron chi connectivity index (χ2n) is 3.71. The molecule has 19 heavy (non-hydrogen) atoms. The fraction of sp³-hybridized carbons (Fsp3) is 0. The van der Waals surface area contributed by atoms with Crippen LogP contribution in [0.1, 0.15) is 10.4 Å². The van der Waals surface area contributed by atoms with E-state index >= 15 is 0 Å². The van der Waals surface area contributed by atoms with Crippen molar-refractivity contribution < 1.29 is 9.90 Å². The predicted octanol–water partition coefficient (Wildman–Crippen LogP) is 3.99. The molecular weight excluding hydrogens is 311 g/mol. The molecule has 1 aromatic carbocycles. The third-order valence-electron chi connectivity index (χ3n) is 2.43. The summed E-state index contributed by atoms with van der Waals surface area (Å²) in [6.45, 7) is 0. The molecule has 1 aromatic heterocycles. The van der Waals surface area contributed by atoms with E-state index < -0.39 is 5.97 Å². The lowest BCUT2D eigenvalue weighted by Gasteiger charge is -2.09. The first-order valence-corrected chi connectivity index (χ1v) is 6.17. The highest BCUT2D eigenvalue weighted by atomic mass is 35.5. The molecule has 2 rings (SSSR count). The molecule has 0 saturated carbocycles. The van der Waals surface area contributed by atoms with E-state index in [1.165, 1.54) is 24.4 Å². The lowest BCUT2D eigenvalue weighted by molar-refractivity contribution is 0.0698. The van der Waals surface area contributed by atoms with Crippen molar-refractivity contribution in [2.24, 2.45) is 0 Å². The summed E-state index contributed by atoms with van der Waals surface area (Å²) in [4.78, 5) is 15.1. The highest BCUT2D eigenvalue weighted by Gasteiger charge is 2.15. The van der Waals surface area contributed by atoms with Gasteiger partial charge in [-0.2, -0.15) is 0 Å². The Labute approximate surface area is 123 Å². The molecule has 7 heteroatoms. The number of halogens is 3. The summed E-state index contributed by atoms with van der Waals surface area (Å²) in [6.07, 6.45) is 1.25. The van der Waals surface area contributed by atoms with Crippen molar-refractivity contribution in [3.05, 3.63) is 45.0 Å². The van der Waals surface area contributed by atoms with Crippen molar-refractivity contribution >= 4 is 46.5 Å². The summed E-state index contributed by atoms with van der Waals surface area (Å²) >= 11 is 17.9. The summed E-state index contributed by atoms with van der Waals surface area (Å²) in [5, 5.41) is 9.97. The molecule has 0 atom stereocenters. The molecule has 0 aliphatic heterocycles. The topological polar surface area (TPSA) is 76.2 Å². The normalized spacial score (nSPS) is 10.5. The number of nitrogens with zero attached hydrogens (tertiary/aromatic N) is 1. The van der Waals surface area contributed by atoms with Gasteiger partial charge in [-0.05, 0) is 18.2 Å². The Morgan fingerprint density at radius 2 is 1.74 bits per heavy atom. The van der Waals surface area contributed by atoms with Gasteiger partial charge in [0.2, 0.25) is 0 Å². The van der Waals surface area contributed by atoms with E-state index in [2.05, 4.69) is 4.98 Å². The van der Waals surface area contributed by atoms with Crippen LogP contribution in [0.4, 0.5) is 5.69 Å². The Morgan fingerprint density at radius 3 is 2.26 bits per heavy atom. The summed E-state index contributed by atoms with van der Waals surface area (Å²) in [6, 6.07) is 4.32. The highest BCUT2D eigenvalue weighted by molar-refractivity contribution is 6.41. The van der Waals surface area contributed by atoms with Crippen molar-refractivity contribution in [2.75, 3.05) is 5.73 Å². The third kappa shape index (κ3) is 2.76. The molecule has 0 aliphatic carbocycles. The van der Waals surface area contributed by atoms with Crippen molar-refractivity contribution in [2.45, 2.75) is 0 Å². The molecule has 0 radical (unpaired) electrons. The summed E-state index contributed by atoms with van der Waals surface area (Å²) in [5.74, 6) is -1.15. The van der Waals surface area contributed by atoms with E-state index in [0.717, 1.165) is 0 Å². The number of pyridine rings is 1. The molecule has 0 amide bonds. The van der Waals surface area contributed by atoms with Crippen LogP contribution in [-0.4, -0.2) is 16.1 Å². The van der Waals surface area contributed by atoms with Crippen molar-refractivity contribution in [3.8, 4) is 11.3 Å². The summed E-state index contributed by atoms with van der Waals surface area (Å²) < 4.78 is 0. The van der Waals surface area contributed by atoms with Gasteiger partial charge in [0.1, 0.15) is 0 Å². The van der Waals surface area contributed by atoms with E-state index in [1.54, 1.807) is 0 Å². The van der Waals surface area contributed by atoms with E-state index in [1.807, 2.05) is 0 Å². The smallest absolute Gasteiger partial charge is 0.337 e. The fourth-order valence-electron chi connectivity index (χ4n) is 1.57. The van der Waals surface area contributed by atoms with Gasteiger partial charge in [-0.3, -0.25) is 4.98 Å². The van der Waals surface area contributed by atoms with Crippen LogP contribution in [-0.2, 0) is 0 Å². The third-order valence-corrected chi connectivity index (χ3v) is 3.24. The van der Waals surface area contributed by atoms with Gasteiger partial charge in [-0.15, -0.1) is 0 Å². The monoisotopic (exact) mass is 316 g/mol. The Morgan fingerprint density at radius 1 is 1.16 bits per heavy atom. The highest BCUT2D eigenvalue weighted by Crippen LogP contribution is 2.36. The zero-order valence-electron chi connectivity index (χ0n) is 9.32. The van der Waals surface area contributed by atoms with Gasteiger partial charge in [0.15, 0.2) is 0 Å². The number of aromatic nitrogens is 1. The van der Waals surface area contributed by atoms with Crippen LogP contribution in [0, 0.1) is 0 Å². The van der Waals surface area contributed by atoms with Gasteiger partial charge < -0.3 is 10.8 Å². The number of carboxylic acid groups (broad SMARTS) is 1. The number of nitrogen functional groups attached to an aromatic ring is 1. The van der Waals surface area contributed by atoms with Gasteiger partial charge in [0.05, 0.1) is 33.2 Å². The maximum Gasteiger partial charge on any atom is 0.337 e. The molecule has 4 nitrogen and oxygen atoms in total. The van der Waals surface area contributed by atoms with Crippen LogP contribution in [0.2, 0.25) is 15.1 Å². The SMILES string of the molecule is Nc1cnc(-c2c(Cl)cc(Cl)cc2Cl)cc1C(=O)O. The van der Waals surface area contributed by atoms with Gasteiger partial charge in [0, 0.05) is 10.6 Å². The molecular formula is C12H7Cl3N2O2. The van der Waals surface area contributed by atoms with E-state index in [9.17, 15) is 4.79 Å². The minimum Gasteiger partial charge on any atom is -0.478 e. The minimum atomic E-state index is -1.15. The van der Waals surface area contributed by atoms with Crippen molar-refractivity contribution in [3.63, 3.8) is 0 Å². The largest absolute Gasteiger partial charge is 0.478 e. The maximum absolute atomic E-state index is 11.0. The quantitative estimate of drug-likeness (QED) is 0.878. The second kappa shape index (κ2) is 5.25. The second-order valence-corrected chi connectivity index (χ2v) is 4.96. The molecule has 0 bridgehead atoms. The number of carboxylic acids is 1. The van der Waals surface area contributed by atoms with E-state index in [4.69, 9.17) is 45.6 Å². The maximum atomic E-state index is 11.0. The Hall–Kier alpha value is -1.49. The fourth-order valence-corrected chi connectivity index (χ4v) is 2.59. The average Bonchev–Trinajstić information content (AvgIpc) is 2.29. The number of rotatable bonds is 2. The Bertz CT molecular complexity index is 651. The zero-order chi connectivity index (χ0) is 14.2. The van der Waals surface area contributed by atoms with Crippen molar-refractivity contribution in [1.82, 2.24) is 4.98 Å². The van der Waals surface area contributed by atoms with Gasteiger partial charge in [-0.25, -0.2) is 4.79 Å². The molecule has 0 saturated heterocycles. The van der Waals surface area contributed by atoms with Crippen LogP contribution >= 0.6 is 34.8 Å². The van der Waals surface area contributed by atoms with E-state index in [-0.39, 0.29) is 21.3 Å². The van der Waals surface area contributed by atoms with E-state index in [0.29, 0.717) is 16.3 Å². The first-order chi connectivity index (χ1) is 8.90. The lowest BCUT2D eigenvalue weighted by atomic mass is 10.1. The number of benzene rings is 1. The van der Waals surface area contributed by atoms with Crippen LogP contribution in [0.25, 0.3) is 11.3 Å². The van der Waals surface area contributed by atoms with Gasteiger partial charge in [-0.1, -0.05) is 34.8 Å². The molecule has 1 heterocycles. The van der Waals surface area contributed by atoms with Gasteiger partial charge in [0.25, 0.3) is 0 Å². The summed E-state index contributed by atoms with van der Waals surface area (Å²) in [7, 11) is 0. The number of carbonyl (C=O) groups is 1. The molecule has 0 aliphatic rings. The van der Waals surface area contributed by atoms with Crippen molar-refractivity contribution in [1.29, 1.82) is 0 Å². The first-order valence-electron chi connectivity index (χ1n) is 5.04. The predicted molar refractivity (Wildman–Crippen MR) is 76.1 cm³/mol. The molecule has 0 fully saturated rings. The van der Waals surface area contributed by atoms with Crippen LogP contribution < -0.4 is 5.73 Å². The molecule has 0 unspecified atom stereocenters. The molecule has 3 N–H and O–H groups in total.